The van der Waals surface area contributed by atoms with Gasteiger partial charge in [0.15, 0.2) is 0 Å². The van der Waals surface area contributed by atoms with Crippen molar-refractivity contribution in [1.29, 1.82) is 0 Å². The average Bonchev–Trinajstić information content (AvgIpc) is 2.69. The molecule has 0 saturated heterocycles. The molecule has 1 aromatic carbocycles. The highest BCUT2D eigenvalue weighted by atomic mass is 15.3. The number of nitrogens with zero attached hydrogens (tertiary/aromatic N) is 2. The van der Waals surface area contributed by atoms with Gasteiger partial charge in [-0.15, -0.1) is 0 Å². The number of nitrogens with one attached hydrogen (secondary N) is 2. The van der Waals surface area contributed by atoms with Gasteiger partial charge in [0, 0.05) is 17.3 Å². The van der Waals surface area contributed by atoms with Gasteiger partial charge in [-0.2, -0.15) is 15.4 Å². The van der Waals surface area contributed by atoms with Crippen molar-refractivity contribution < 1.29 is 0 Å². The molecule has 4 heteroatoms. The van der Waals surface area contributed by atoms with E-state index in [1.165, 1.54) is 0 Å². The summed E-state index contributed by atoms with van der Waals surface area (Å²) in [5.41, 5.74) is 3.03. The Kier molecular flexibility index (Phi) is 2.67. The molecular formula is C11H14N4. The zero-order valence-corrected chi connectivity index (χ0v) is 8.86. The highest BCUT2D eigenvalue weighted by Gasteiger charge is 2.02. The Morgan fingerprint density at radius 2 is 2.20 bits per heavy atom. The fourth-order valence-electron chi connectivity index (χ4n) is 1.44. The Labute approximate surface area is 88.7 Å². The number of H-pyrrole nitrogens is 1. The quantitative estimate of drug-likeness (QED) is 0.802. The predicted molar refractivity (Wildman–Crippen MR) is 60.6 cm³/mol. The molecule has 0 bridgehead atoms. The van der Waals surface area contributed by atoms with Crippen LogP contribution < -0.4 is 5.32 Å². The molecule has 2 N–H and O–H groups in total. The van der Waals surface area contributed by atoms with Crippen molar-refractivity contribution in [2.45, 2.75) is 19.9 Å². The Hall–Kier alpha value is -1.84. The van der Waals surface area contributed by atoms with Crippen LogP contribution in [-0.4, -0.2) is 21.5 Å². The minimum Gasteiger partial charge on any atom is -0.383 e. The summed E-state index contributed by atoms with van der Waals surface area (Å²) in [5, 5.41) is 13.8. The van der Waals surface area contributed by atoms with Gasteiger partial charge in [-0.1, -0.05) is 12.1 Å². The summed E-state index contributed by atoms with van der Waals surface area (Å²) in [6, 6.07) is 8.57. The van der Waals surface area contributed by atoms with Crippen LogP contribution in [0.5, 0.6) is 0 Å². The van der Waals surface area contributed by atoms with E-state index in [-0.39, 0.29) is 0 Å². The number of hydrogen-bond donors (Lipinski definition) is 2. The van der Waals surface area contributed by atoms with Gasteiger partial charge in [-0.25, -0.2) is 0 Å². The van der Waals surface area contributed by atoms with E-state index in [0.717, 1.165) is 16.9 Å². The first-order chi connectivity index (χ1) is 7.25. The Balaban J connectivity index is 2.27. The molecule has 0 unspecified atom stereocenters. The number of rotatable bonds is 3. The fraction of sp³-hybridized carbons (Fsp3) is 0.273. The highest BCUT2D eigenvalue weighted by molar-refractivity contribution is 5.64. The van der Waals surface area contributed by atoms with Gasteiger partial charge in [-0.05, 0) is 26.0 Å². The van der Waals surface area contributed by atoms with E-state index >= 15 is 0 Å². The van der Waals surface area contributed by atoms with Gasteiger partial charge in [0.1, 0.15) is 5.69 Å². The van der Waals surface area contributed by atoms with E-state index in [0.29, 0.717) is 6.04 Å². The molecule has 0 radical (unpaired) electrons. The smallest absolute Gasteiger partial charge is 0.112 e. The molecular weight excluding hydrogens is 188 g/mol. The number of aromatic nitrogens is 3. The summed E-state index contributed by atoms with van der Waals surface area (Å²) < 4.78 is 0. The van der Waals surface area contributed by atoms with Crippen molar-refractivity contribution in [2.24, 2.45) is 0 Å². The molecule has 1 aromatic heterocycles. The Bertz CT molecular complexity index is 420. The molecule has 2 rings (SSSR count). The van der Waals surface area contributed by atoms with E-state index in [9.17, 15) is 0 Å². The SMILES string of the molecule is CC(C)Nc1cccc(-c2cn[nH]n2)c1. The zero-order chi connectivity index (χ0) is 10.7. The third-order valence-electron chi connectivity index (χ3n) is 2.03. The molecule has 1 heterocycles. The second kappa shape index (κ2) is 4.13. The molecule has 2 aromatic rings. The van der Waals surface area contributed by atoms with Crippen LogP contribution in [0.4, 0.5) is 5.69 Å². The van der Waals surface area contributed by atoms with Crippen molar-refractivity contribution in [3.05, 3.63) is 30.5 Å². The monoisotopic (exact) mass is 202 g/mol. The number of aromatic amines is 1. The highest BCUT2D eigenvalue weighted by Crippen LogP contribution is 2.19. The van der Waals surface area contributed by atoms with Crippen LogP contribution in [0, 0.1) is 0 Å². The molecule has 78 valence electrons. The first kappa shape index (κ1) is 9.71. The minimum absolute atomic E-state index is 0.428. The lowest BCUT2D eigenvalue weighted by Gasteiger charge is -2.10. The lowest BCUT2D eigenvalue weighted by Crippen LogP contribution is -2.09. The summed E-state index contributed by atoms with van der Waals surface area (Å²) >= 11 is 0. The van der Waals surface area contributed by atoms with E-state index in [1.54, 1.807) is 6.20 Å². The molecule has 0 spiro atoms. The molecule has 0 fully saturated rings. The van der Waals surface area contributed by atoms with Crippen molar-refractivity contribution >= 4 is 5.69 Å². The van der Waals surface area contributed by atoms with E-state index in [2.05, 4.69) is 40.6 Å². The topological polar surface area (TPSA) is 53.6 Å². The van der Waals surface area contributed by atoms with Gasteiger partial charge in [0.05, 0.1) is 6.20 Å². The summed E-state index contributed by atoms with van der Waals surface area (Å²) in [6.45, 7) is 4.23. The number of anilines is 1. The van der Waals surface area contributed by atoms with Crippen molar-refractivity contribution in [2.75, 3.05) is 5.32 Å². The van der Waals surface area contributed by atoms with Crippen LogP contribution in [0.2, 0.25) is 0 Å². The van der Waals surface area contributed by atoms with Gasteiger partial charge >= 0.3 is 0 Å². The van der Waals surface area contributed by atoms with Crippen LogP contribution >= 0.6 is 0 Å². The molecule has 0 saturated carbocycles. The van der Waals surface area contributed by atoms with Gasteiger partial charge in [0.25, 0.3) is 0 Å². The van der Waals surface area contributed by atoms with Crippen LogP contribution in [0.3, 0.4) is 0 Å². The summed E-state index contributed by atoms with van der Waals surface area (Å²) in [4.78, 5) is 0. The molecule has 0 aliphatic heterocycles. The third kappa shape index (κ3) is 2.34. The van der Waals surface area contributed by atoms with E-state index in [4.69, 9.17) is 0 Å². The van der Waals surface area contributed by atoms with E-state index < -0.39 is 0 Å². The molecule has 0 amide bonds. The summed E-state index contributed by atoms with van der Waals surface area (Å²) in [5.74, 6) is 0. The summed E-state index contributed by atoms with van der Waals surface area (Å²) in [7, 11) is 0. The largest absolute Gasteiger partial charge is 0.383 e. The lowest BCUT2D eigenvalue weighted by molar-refractivity contribution is 0.900. The van der Waals surface area contributed by atoms with Gasteiger partial charge in [-0.3, -0.25) is 0 Å². The summed E-state index contributed by atoms with van der Waals surface area (Å²) in [6.07, 6.45) is 1.72. The molecule has 4 nitrogen and oxygen atoms in total. The van der Waals surface area contributed by atoms with Crippen LogP contribution in [0.1, 0.15) is 13.8 Å². The van der Waals surface area contributed by atoms with Crippen molar-refractivity contribution in [1.82, 2.24) is 15.4 Å². The molecule has 0 atom stereocenters. The number of benzene rings is 1. The van der Waals surface area contributed by atoms with Gasteiger partial charge < -0.3 is 5.32 Å². The fourth-order valence-corrected chi connectivity index (χ4v) is 1.44. The maximum Gasteiger partial charge on any atom is 0.112 e. The first-order valence-corrected chi connectivity index (χ1v) is 4.98. The van der Waals surface area contributed by atoms with Crippen LogP contribution in [0.25, 0.3) is 11.3 Å². The second-order valence-electron chi connectivity index (χ2n) is 3.74. The maximum atomic E-state index is 4.04. The molecule has 0 aliphatic rings. The zero-order valence-electron chi connectivity index (χ0n) is 8.86. The normalized spacial score (nSPS) is 10.6. The van der Waals surface area contributed by atoms with Crippen molar-refractivity contribution in [3.63, 3.8) is 0 Å². The van der Waals surface area contributed by atoms with Gasteiger partial charge in [0.2, 0.25) is 0 Å². The number of hydrogen-bond acceptors (Lipinski definition) is 3. The van der Waals surface area contributed by atoms with Crippen LogP contribution in [-0.2, 0) is 0 Å². The van der Waals surface area contributed by atoms with E-state index in [1.807, 2.05) is 18.2 Å². The minimum atomic E-state index is 0.428. The maximum absolute atomic E-state index is 4.04. The third-order valence-corrected chi connectivity index (χ3v) is 2.03. The lowest BCUT2D eigenvalue weighted by atomic mass is 10.1. The molecule has 15 heavy (non-hydrogen) atoms. The predicted octanol–water partition coefficient (Wildman–Crippen LogP) is 2.29. The van der Waals surface area contributed by atoms with Crippen molar-refractivity contribution in [3.8, 4) is 11.3 Å². The van der Waals surface area contributed by atoms with Crippen LogP contribution in [0.15, 0.2) is 30.5 Å². The molecule has 0 aliphatic carbocycles. The second-order valence-corrected chi connectivity index (χ2v) is 3.74. The average molecular weight is 202 g/mol. The standard InChI is InChI=1S/C11H14N4/c1-8(2)13-10-5-3-4-9(6-10)11-7-12-15-14-11/h3-8,13H,1-2H3,(H,12,14,15). The Morgan fingerprint density at radius 1 is 1.33 bits per heavy atom. The Morgan fingerprint density at radius 3 is 2.87 bits per heavy atom. The first-order valence-electron chi connectivity index (χ1n) is 4.98.